The molecule has 0 bridgehead atoms. The van der Waals surface area contributed by atoms with Crippen LogP contribution < -0.4 is 5.32 Å². The molecule has 0 saturated carbocycles. The van der Waals surface area contributed by atoms with Gasteiger partial charge in [0, 0.05) is 24.7 Å². The van der Waals surface area contributed by atoms with Gasteiger partial charge in [-0.25, -0.2) is 4.98 Å². The summed E-state index contributed by atoms with van der Waals surface area (Å²) in [5.41, 5.74) is 1.42. The van der Waals surface area contributed by atoms with E-state index in [0.29, 0.717) is 11.4 Å². The molecule has 0 aliphatic carbocycles. The number of hydrogen-bond donors (Lipinski definition) is 1. The van der Waals surface area contributed by atoms with Crippen LogP contribution in [-0.4, -0.2) is 20.8 Å². The Morgan fingerprint density at radius 1 is 1.43 bits per heavy atom. The molecule has 0 radical (unpaired) electrons. The van der Waals surface area contributed by atoms with Gasteiger partial charge >= 0.3 is 0 Å². The second-order valence-electron chi connectivity index (χ2n) is 4.52. The van der Waals surface area contributed by atoms with E-state index in [-0.39, 0.29) is 0 Å². The van der Waals surface area contributed by atoms with Crippen LogP contribution in [0.4, 0.5) is 5.82 Å². The largest absolute Gasteiger partial charge is 0.463 e. The molecule has 0 spiro atoms. The van der Waals surface area contributed by atoms with Crippen molar-refractivity contribution >= 4 is 33.6 Å². The molecule has 1 N–H and O–H groups in total. The number of halogens is 1. The molecule has 6 nitrogen and oxygen atoms in total. The second-order valence-corrected chi connectivity index (χ2v) is 5.37. The maximum absolute atomic E-state index is 5.43. The SMILES string of the molecule is C\C=C/C=N\C=C\Nc1cc(-c2ccco2)nc2c(Br)cnn12. The fourth-order valence-corrected chi connectivity index (χ4v) is 2.29. The van der Waals surface area contributed by atoms with Gasteiger partial charge in [-0.05, 0) is 41.1 Å². The van der Waals surface area contributed by atoms with Gasteiger partial charge in [0.1, 0.15) is 11.5 Å². The lowest BCUT2D eigenvalue weighted by Crippen LogP contribution is -2.01. The van der Waals surface area contributed by atoms with Crippen LogP contribution in [0, 0.1) is 0 Å². The van der Waals surface area contributed by atoms with Crippen LogP contribution >= 0.6 is 15.9 Å². The van der Waals surface area contributed by atoms with Crippen LogP contribution in [0.2, 0.25) is 0 Å². The number of nitrogens with one attached hydrogen (secondary N) is 1. The molecule has 0 aliphatic rings. The molecule has 0 amide bonds. The number of anilines is 1. The highest BCUT2D eigenvalue weighted by molar-refractivity contribution is 9.10. The van der Waals surface area contributed by atoms with E-state index in [9.17, 15) is 0 Å². The molecule has 0 fully saturated rings. The van der Waals surface area contributed by atoms with Crippen LogP contribution in [0.25, 0.3) is 17.1 Å². The van der Waals surface area contributed by atoms with Gasteiger partial charge in [-0.15, -0.1) is 0 Å². The van der Waals surface area contributed by atoms with Crippen LogP contribution in [0.5, 0.6) is 0 Å². The fourth-order valence-electron chi connectivity index (χ4n) is 1.94. The minimum absolute atomic E-state index is 0.693. The average Bonchev–Trinajstić information content (AvgIpc) is 3.21. The lowest BCUT2D eigenvalue weighted by Gasteiger charge is -2.06. The van der Waals surface area contributed by atoms with E-state index in [2.05, 4.69) is 36.3 Å². The zero-order valence-electron chi connectivity index (χ0n) is 12.3. The number of hydrogen-bond acceptors (Lipinski definition) is 5. The highest BCUT2D eigenvalue weighted by atomic mass is 79.9. The monoisotopic (exact) mass is 371 g/mol. The number of allylic oxidation sites excluding steroid dienone is 2. The summed E-state index contributed by atoms with van der Waals surface area (Å²) in [4.78, 5) is 8.67. The predicted octanol–water partition coefficient (Wildman–Crippen LogP) is 4.28. The number of aliphatic imine (C=N–C) groups is 1. The van der Waals surface area contributed by atoms with Gasteiger partial charge in [-0.2, -0.15) is 9.61 Å². The molecule has 0 aromatic carbocycles. The molecule has 3 aromatic heterocycles. The van der Waals surface area contributed by atoms with Gasteiger partial charge in [-0.3, -0.25) is 4.99 Å². The summed E-state index contributed by atoms with van der Waals surface area (Å²) >= 11 is 3.46. The third kappa shape index (κ3) is 3.40. The van der Waals surface area contributed by atoms with E-state index in [1.165, 1.54) is 0 Å². The van der Waals surface area contributed by atoms with Crippen molar-refractivity contribution in [2.45, 2.75) is 6.92 Å². The number of nitrogens with zero attached hydrogens (tertiary/aromatic N) is 4. The molecule has 0 aliphatic heterocycles. The van der Waals surface area contributed by atoms with E-state index < -0.39 is 0 Å². The fraction of sp³-hybridized carbons (Fsp3) is 0.0625. The lowest BCUT2D eigenvalue weighted by atomic mass is 10.3. The summed E-state index contributed by atoms with van der Waals surface area (Å²) in [6, 6.07) is 5.56. The normalized spacial score (nSPS) is 12.3. The highest BCUT2D eigenvalue weighted by Crippen LogP contribution is 2.26. The molecule has 3 aromatic rings. The van der Waals surface area contributed by atoms with Crippen LogP contribution in [0.15, 0.2) is 69.1 Å². The van der Waals surface area contributed by atoms with Gasteiger partial charge in [0.15, 0.2) is 11.4 Å². The molecule has 0 unspecified atom stereocenters. The third-order valence-corrected chi connectivity index (χ3v) is 3.52. The number of fused-ring (bicyclic) bond motifs is 1. The van der Waals surface area contributed by atoms with Gasteiger partial charge in [0.2, 0.25) is 0 Å². The Morgan fingerprint density at radius 2 is 2.35 bits per heavy atom. The Kier molecular flexibility index (Phi) is 4.68. The van der Waals surface area contributed by atoms with Gasteiger partial charge < -0.3 is 9.73 Å². The zero-order chi connectivity index (χ0) is 16.1. The first kappa shape index (κ1) is 15.2. The number of aromatic nitrogens is 3. The van der Waals surface area contributed by atoms with Crippen molar-refractivity contribution < 1.29 is 4.42 Å². The number of rotatable bonds is 5. The maximum atomic E-state index is 5.43. The van der Waals surface area contributed by atoms with Crippen molar-refractivity contribution in [2.75, 3.05) is 5.32 Å². The Morgan fingerprint density at radius 3 is 3.13 bits per heavy atom. The van der Waals surface area contributed by atoms with Crippen LogP contribution in [-0.2, 0) is 0 Å². The van der Waals surface area contributed by atoms with E-state index in [4.69, 9.17) is 4.42 Å². The second kappa shape index (κ2) is 7.06. The van der Waals surface area contributed by atoms with Crippen molar-refractivity contribution in [1.82, 2.24) is 14.6 Å². The average molecular weight is 372 g/mol. The molecular weight excluding hydrogens is 358 g/mol. The summed E-state index contributed by atoms with van der Waals surface area (Å²) < 4.78 is 7.94. The van der Waals surface area contributed by atoms with E-state index in [1.54, 1.807) is 35.6 Å². The molecule has 3 rings (SSSR count). The first-order valence-electron chi connectivity index (χ1n) is 6.94. The van der Waals surface area contributed by atoms with Crippen LogP contribution in [0.3, 0.4) is 0 Å². The summed E-state index contributed by atoms with van der Waals surface area (Å²) in [7, 11) is 0. The quantitative estimate of drug-likeness (QED) is 0.679. The van der Waals surface area contributed by atoms with Crippen molar-refractivity contribution in [1.29, 1.82) is 0 Å². The molecule has 3 heterocycles. The van der Waals surface area contributed by atoms with E-state index >= 15 is 0 Å². The first-order chi connectivity index (χ1) is 11.3. The minimum atomic E-state index is 0.693. The van der Waals surface area contributed by atoms with Gasteiger partial charge in [-0.1, -0.05) is 6.08 Å². The van der Waals surface area contributed by atoms with Gasteiger partial charge in [0.25, 0.3) is 0 Å². The van der Waals surface area contributed by atoms with Crippen molar-refractivity contribution in [3.05, 3.63) is 59.7 Å². The molecule has 7 heteroatoms. The van der Waals surface area contributed by atoms with Crippen molar-refractivity contribution in [2.24, 2.45) is 4.99 Å². The lowest BCUT2D eigenvalue weighted by molar-refractivity contribution is 0.580. The Hall–Kier alpha value is -2.67. The maximum Gasteiger partial charge on any atom is 0.172 e. The summed E-state index contributed by atoms with van der Waals surface area (Å²) in [6.07, 6.45) is 12.2. The molecular formula is C16H14BrN5O. The minimum Gasteiger partial charge on any atom is -0.463 e. The Labute approximate surface area is 141 Å². The Balaban J connectivity index is 1.95. The number of furan rings is 1. The topological polar surface area (TPSA) is 67.7 Å². The summed E-state index contributed by atoms with van der Waals surface area (Å²) in [6.45, 7) is 1.94. The van der Waals surface area contributed by atoms with Crippen molar-refractivity contribution in [3.63, 3.8) is 0 Å². The highest BCUT2D eigenvalue weighted by Gasteiger charge is 2.12. The molecule has 0 saturated heterocycles. The summed E-state index contributed by atoms with van der Waals surface area (Å²) in [5, 5.41) is 7.46. The Bertz CT molecular complexity index is 877. The third-order valence-electron chi connectivity index (χ3n) is 2.96. The van der Waals surface area contributed by atoms with E-state index in [1.807, 2.05) is 37.3 Å². The zero-order valence-corrected chi connectivity index (χ0v) is 13.9. The molecule has 0 atom stereocenters. The summed E-state index contributed by atoms with van der Waals surface area (Å²) in [5.74, 6) is 1.45. The predicted molar refractivity (Wildman–Crippen MR) is 94.5 cm³/mol. The van der Waals surface area contributed by atoms with Gasteiger partial charge in [0.05, 0.1) is 16.9 Å². The van der Waals surface area contributed by atoms with Crippen molar-refractivity contribution in [3.8, 4) is 11.5 Å². The molecule has 116 valence electrons. The van der Waals surface area contributed by atoms with E-state index in [0.717, 1.165) is 16.0 Å². The first-order valence-corrected chi connectivity index (χ1v) is 7.73. The smallest absolute Gasteiger partial charge is 0.172 e. The van der Waals surface area contributed by atoms with Crippen LogP contribution in [0.1, 0.15) is 6.92 Å². The molecule has 23 heavy (non-hydrogen) atoms. The standard InChI is InChI=1S/C16H14BrN5O/c1-2-3-6-18-7-8-19-15-10-13(14-5-4-9-23-14)21-16-12(17)11-20-22(15)16/h2-11,19H,1H3/b3-2-,8-7+,18-6-.